The molecule has 0 bridgehead atoms. The molecule has 156 valence electrons. The van der Waals surface area contributed by atoms with Gasteiger partial charge >= 0.3 is 0 Å². The number of amides is 1. The molecule has 1 aliphatic rings. The molecule has 0 spiro atoms. The van der Waals surface area contributed by atoms with Gasteiger partial charge in [0.15, 0.2) is 0 Å². The van der Waals surface area contributed by atoms with Crippen LogP contribution in [0.2, 0.25) is 0 Å². The molecule has 7 nitrogen and oxygen atoms in total. The van der Waals surface area contributed by atoms with Gasteiger partial charge in [-0.3, -0.25) is 14.4 Å². The van der Waals surface area contributed by atoms with Crippen LogP contribution in [0.25, 0.3) is 0 Å². The Hall–Kier alpha value is -3.19. The van der Waals surface area contributed by atoms with Crippen molar-refractivity contribution in [3.63, 3.8) is 0 Å². The van der Waals surface area contributed by atoms with Crippen LogP contribution in [-0.2, 0) is 24.4 Å². The van der Waals surface area contributed by atoms with Gasteiger partial charge in [0.25, 0.3) is 0 Å². The molecular weight excluding hydrogens is 376 g/mol. The maximum Gasteiger partial charge on any atom is 0.222 e. The largest absolute Gasteiger partial charge is 0.369 e. The Morgan fingerprint density at radius 2 is 1.67 bits per heavy atom. The van der Waals surface area contributed by atoms with Crippen molar-refractivity contribution in [2.75, 3.05) is 31.1 Å². The molecule has 1 saturated heterocycles. The Balaban J connectivity index is 1.26. The lowest BCUT2D eigenvalue weighted by molar-refractivity contribution is -0.121. The molecule has 4 rings (SSSR count). The molecule has 1 amide bonds. The summed E-state index contributed by atoms with van der Waals surface area (Å²) in [5.74, 6) is 0.0248. The summed E-state index contributed by atoms with van der Waals surface area (Å²) in [6, 6.07) is 19.0. The van der Waals surface area contributed by atoms with Crippen LogP contribution in [0.4, 0.5) is 5.69 Å². The first-order chi connectivity index (χ1) is 14.8. The van der Waals surface area contributed by atoms with Gasteiger partial charge in [0.2, 0.25) is 5.91 Å². The Kier molecular flexibility index (Phi) is 6.72. The van der Waals surface area contributed by atoms with E-state index in [9.17, 15) is 4.79 Å². The molecule has 3 aromatic rings. The highest BCUT2D eigenvalue weighted by molar-refractivity contribution is 5.75. The molecule has 0 radical (unpaired) electrons. The quantitative estimate of drug-likeness (QED) is 0.624. The van der Waals surface area contributed by atoms with Gasteiger partial charge in [-0.25, -0.2) is 4.98 Å². The predicted octanol–water partition coefficient (Wildman–Crippen LogP) is 2.31. The van der Waals surface area contributed by atoms with Gasteiger partial charge in [-0.15, -0.1) is 0 Å². The summed E-state index contributed by atoms with van der Waals surface area (Å²) in [5.41, 5.74) is 3.76. The lowest BCUT2D eigenvalue weighted by atomic mass is 10.1. The van der Waals surface area contributed by atoms with E-state index in [2.05, 4.69) is 73.7 Å². The summed E-state index contributed by atoms with van der Waals surface area (Å²) in [6.45, 7) is 6.14. The highest BCUT2D eigenvalue weighted by atomic mass is 16.1. The maximum absolute atomic E-state index is 12.2. The molecule has 2 aromatic carbocycles. The number of aromatic nitrogens is 3. The van der Waals surface area contributed by atoms with Crippen LogP contribution in [0.1, 0.15) is 17.5 Å². The highest BCUT2D eigenvalue weighted by Gasteiger charge is 2.18. The molecule has 0 saturated carbocycles. The van der Waals surface area contributed by atoms with E-state index in [0.717, 1.165) is 32.7 Å². The SMILES string of the molecule is O=C(CCn1cncn1)NCc1ccccc1CN1CCN(c2ccccc2)CC1. The molecule has 0 atom stereocenters. The van der Waals surface area contributed by atoms with Gasteiger partial charge in [0.05, 0.1) is 6.54 Å². The lowest BCUT2D eigenvalue weighted by Crippen LogP contribution is -2.46. The van der Waals surface area contributed by atoms with Crippen LogP contribution in [0.5, 0.6) is 0 Å². The van der Waals surface area contributed by atoms with Gasteiger partial charge in [-0.05, 0) is 23.3 Å². The topological polar surface area (TPSA) is 66.3 Å². The predicted molar refractivity (Wildman–Crippen MR) is 117 cm³/mol. The number of nitrogens with one attached hydrogen (secondary N) is 1. The minimum atomic E-state index is 0.0248. The number of benzene rings is 2. The second-order valence-electron chi connectivity index (χ2n) is 7.55. The van der Waals surface area contributed by atoms with Crippen molar-refractivity contribution in [3.05, 3.63) is 78.4 Å². The van der Waals surface area contributed by atoms with E-state index >= 15 is 0 Å². The summed E-state index contributed by atoms with van der Waals surface area (Å²) in [7, 11) is 0. The zero-order valence-corrected chi connectivity index (χ0v) is 17.2. The fraction of sp³-hybridized carbons (Fsp3) is 0.348. The minimum Gasteiger partial charge on any atom is -0.369 e. The molecule has 1 N–H and O–H groups in total. The van der Waals surface area contributed by atoms with Gasteiger partial charge in [0.1, 0.15) is 12.7 Å². The molecule has 1 aromatic heterocycles. The first-order valence-corrected chi connectivity index (χ1v) is 10.5. The standard InChI is InChI=1S/C23H28N6O/c30-23(10-11-29-19-24-18-26-29)25-16-20-6-4-5-7-21(20)17-27-12-14-28(15-13-27)22-8-2-1-3-9-22/h1-9,18-19H,10-17H2,(H,25,30). The molecule has 0 unspecified atom stereocenters. The average Bonchev–Trinajstić information content (AvgIpc) is 3.32. The fourth-order valence-corrected chi connectivity index (χ4v) is 3.77. The third-order valence-electron chi connectivity index (χ3n) is 5.52. The molecule has 30 heavy (non-hydrogen) atoms. The smallest absolute Gasteiger partial charge is 0.222 e. The average molecular weight is 405 g/mol. The maximum atomic E-state index is 12.2. The van der Waals surface area contributed by atoms with Gasteiger partial charge in [0, 0.05) is 51.4 Å². The number of aryl methyl sites for hydroxylation is 1. The Morgan fingerprint density at radius 1 is 0.933 bits per heavy atom. The van der Waals surface area contributed by atoms with Crippen LogP contribution < -0.4 is 10.2 Å². The number of carbonyl (C=O) groups is 1. The zero-order chi connectivity index (χ0) is 20.6. The van der Waals surface area contributed by atoms with Crippen LogP contribution >= 0.6 is 0 Å². The van der Waals surface area contributed by atoms with Crippen LogP contribution in [0.15, 0.2) is 67.3 Å². The van der Waals surface area contributed by atoms with Crippen LogP contribution in [-0.4, -0.2) is 51.8 Å². The van der Waals surface area contributed by atoms with Gasteiger partial charge < -0.3 is 10.2 Å². The van der Waals surface area contributed by atoms with E-state index in [1.54, 1.807) is 11.0 Å². The van der Waals surface area contributed by atoms with E-state index in [4.69, 9.17) is 0 Å². The first-order valence-electron chi connectivity index (χ1n) is 10.5. The van der Waals surface area contributed by atoms with Gasteiger partial charge in [-0.2, -0.15) is 5.10 Å². The third-order valence-corrected chi connectivity index (χ3v) is 5.52. The summed E-state index contributed by atoms with van der Waals surface area (Å²) < 4.78 is 1.67. The van der Waals surface area contributed by atoms with Crippen molar-refractivity contribution in [1.29, 1.82) is 0 Å². The molecular formula is C23H28N6O. The summed E-state index contributed by atoms with van der Waals surface area (Å²) in [4.78, 5) is 21.0. The number of rotatable bonds is 8. The number of hydrogen-bond acceptors (Lipinski definition) is 5. The number of piperazine rings is 1. The number of anilines is 1. The van der Waals surface area contributed by atoms with Gasteiger partial charge in [-0.1, -0.05) is 42.5 Å². The van der Waals surface area contributed by atoms with E-state index in [-0.39, 0.29) is 5.91 Å². The van der Waals surface area contributed by atoms with E-state index in [1.165, 1.54) is 23.1 Å². The Labute approximate surface area is 177 Å². The van der Waals surface area contributed by atoms with Crippen molar-refractivity contribution >= 4 is 11.6 Å². The van der Waals surface area contributed by atoms with E-state index < -0.39 is 0 Å². The number of carbonyl (C=O) groups excluding carboxylic acids is 1. The van der Waals surface area contributed by atoms with Crippen molar-refractivity contribution in [2.45, 2.75) is 26.1 Å². The number of para-hydroxylation sites is 1. The van der Waals surface area contributed by atoms with Crippen molar-refractivity contribution < 1.29 is 4.79 Å². The highest BCUT2D eigenvalue weighted by Crippen LogP contribution is 2.18. The normalized spacial score (nSPS) is 14.6. The molecule has 7 heteroatoms. The second kappa shape index (κ2) is 10.0. The van der Waals surface area contributed by atoms with Crippen molar-refractivity contribution in [3.8, 4) is 0 Å². The Morgan fingerprint density at radius 3 is 2.40 bits per heavy atom. The summed E-state index contributed by atoms with van der Waals surface area (Å²) in [5, 5.41) is 7.07. The van der Waals surface area contributed by atoms with Crippen molar-refractivity contribution in [1.82, 2.24) is 25.0 Å². The monoisotopic (exact) mass is 404 g/mol. The third kappa shape index (κ3) is 5.45. The lowest BCUT2D eigenvalue weighted by Gasteiger charge is -2.36. The Bertz CT molecular complexity index is 920. The van der Waals surface area contributed by atoms with E-state index in [1.807, 2.05) is 6.07 Å². The fourth-order valence-electron chi connectivity index (χ4n) is 3.77. The first kappa shape index (κ1) is 20.1. The van der Waals surface area contributed by atoms with Crippen molar-refractivity contribution in [2.24, 2.45) is 0 Å². The van der Waals surface area contributed by atoms with E-state index in [0.29, 0.717) is 19.5 Å². The zero-order valence-electron chi connectivity index (χ0n) is 17.2. The summed E-state index contributed by atoms with van der Waals surface area (Å²) >= 11 is 0. The number of hydrogen-bond donors (Lipinski definition) is 1. The number of nitrogens with zero attached hydrogens (tertiary/aromatic N) is 5. The minimum absolute atomic E-state index is 0.0248. The molecule has 1 fully saturated rings. The summed E-state index contributed by atoms with van der Waals surface area (Å²) in [6.07, 6.45) is 3.50. The second-order valence-corrected chi connectivity index (χ2v) is 7.55. The molecule has 0 aliphatic carbocycles. The molecule has 1 aliphatic heterocycles. The molecule has 2 heterocycles. The van der Waals surface area contributed by atoms with Crippen LogP contribution in [0.3, 0.4) is 0 Å². The van der Waals surface area contributed by atoms with Crippen LogP contribution in [0, 0.1) is 0 Å².